The minimum absolute atomic E-state index is 0.465. The molecule has 0 spiro atoms. The Labute approximate surface area is 85.0 Å². The van der Waals surface area contributed by atoms with Gasteiger partial charge in [0.2, 0.25) is 0 Å². The van der Waals surface area contributed by atoms with Gasteiger partial charge in [-0.2, -0.15) is 27.1 Å². The summed E-state index contributed by atoms with van der Waals surface area (Å²) in [4.78, 5) is 10.6. The third-order valence-corrected chi connectivity index (χ3v) is 1.47. The summed E-state index contributed by atoms with van der Waals surface area (Å²) < 4.78 is 64.0. The molecule has 0 bridgehead atoms. The zero-order valence-electron chi connectivity index (χ0n) is 7.52. The molecule has 0 aromatic carbocycles. The minimum Gasteiger partial charge on any atom is -0.485 e. The molecule has 0 atom stereocenters. The molecule has 16 heavy (non-hydrogen) atoms. The summed E-state index contributed by atoms with van der Waals surface area (Å²) >= 11 is 0. The maximum absolute atomic E-state index is 12.4. The molecule has 4 nitrogen and oxygen atoms in total. The number of aromatic amines is 1. The lowest BCUT2D eigenvalue weighted by molar-refractivity contribution is -0.290. The van der Waals surface area contributed by atoms with E-state index in [2.05, 4.69) is 9.84 Å². The first kappa shape index (κ1) is 12.4. The van der Waals surface area contributed by atoms with Gasteiger partial charge >= 0.3 is 12.1 Å². The van der Waals surface area contributed by atoms with Crippen LogP contribution in [0.3, 0.4) is 0 Å². The molecular formula is C7H5F5N2O2. The number of alkyl halides is 5. The molecule has 90 valence electrons. The fraction of sp³-hybridized carbons (Fsp3) is 0.429. The Kier molecular flexibility index (Phi) is 3.15. The SMILES string of the molecule is O=c1cc(OCC(F)(F)C(F)(F)F)cn[nH]1. The van der Waals surface area contributed by atoms with Crippen molar-refractivity contribution in [1.82, 2.24) is 10.2 Å². The maximum atomic E-state index is 12.4. The van der Waals surface area contributed by atoms with Gasteiger partial charge in [0.05, 0.1) is 6.20 Å². The van der Waals surface area contributed by atoms with Crippen molar-refractivity contribution in [2.24, 2.45) is 0 Å². The van der Waals surface area contributed by atoms with E-state index in [0.717, 1.165) is 6.20 Å². The monoisotopic (exact) mass is 244 g/mol. The third kappa shape index (κ3) is 2.91. The predicted octanol–water partition coefficient (Wildman–Crippen LogP) is 1.35. The zero-order chi connectivity index (χ0) is 12.4. The van der Waals surface area contributed by atoms with E-state index in [0.29, 0.717) is 6.07 Å². The number of ether oxygens (including phenoxy) is 1. The Morgan fingerprint density at radius 1 is 1.31 bits per heavy atom. The lowest BCUT2D eigenvalue weighted by Crippen LogP contribution is -2.41. The lowest BCUT2D eigenvalue weighted by Gasteiger charge is -2.19. The van der Waals surface area contributed by atoms with Crippen LogP contribution in [0.15, 0.2) is 17.1 Å². The zero-order valence-corrected chi connectivity index (χ0v) is 7.52. The van der Waals surface area contributed by atoms with Crippen LogP contribution in [0, 0.1) is 0 Å². The van der Waals surface area contributed by atoms with E-state index < -0.39 is 30.0 Å². The van der Waals surface area contributed by atoms with Gasteiger partial charge in [-0.3, -0.25) is 4.79 Å². The molecule has 0 aliphatic rings. The van der Waals surface area contributed by atoms with Crippen molar-refractivity contribution in [3.05, 3.63) is 22.6 Å². The smallest absolute Gasteiger partial charge is 0.456 e. The van der Waals surface area contributed by atoms with Crippen molar-refractivity contribution in [3.63, 3.8) is 0 Å². The normalized spacial score (nSPS) is 12.6. The quantitative estimate of drug-likeness (QED) is 0.816. The highest BCUT2D eigenvalue weighted by molar-refractivity contribution is 5.13. The molecule has 1 aromatic rings. The van der Waals surface area contributed by atoms with Gasteiger partial charge in [-0.05, 0) is 0 Å². The number of halogens is 5. The molecule has 0 fully saturated rings. The Bertz CT molecular complexity index is 414. The second-order valence-electron chi connectivity index (χ2n) is 2.77. The number of nitrogens with one attached hydrogen (secondary N) is 1. The molecule has 0 saturated heterocycles. The van der Waals surface area contributed by atoms with Gasteiger partial charge in [-0.1, -0.05) is 0 Å². The molecule has 0 unspecified atom stereocenters. The highest BCUT2D eigenvalue weighted by atomic mass is 19.4. The third-order valence-electron chi connectivity index (χ3n) is 1.47. The van der Waals surface area contributed by atoms with Gasteiger partial charge in [-0.25, -0.2) is 5.10 Å². The van der Waals surface area contributed by atoms with E-state index >= 15 is 0 Å². The highest BCUT2D eigenvalue weighted by Gasteiger charge is 2.58. The van der Waals surface area contributed by atoms with Gasteiger partial charge in [-0.15, -0.1) is 0 Å². The van der Waals surface area contributed by atoms with Crippen molar-refractivity contribution >= 4 is 0 Å². The molecule has 1 aromatic heterocycles. The van der Waals surface area contributed by atoms with E-state index in [1.54, 1.807) is 0 Å². The molecule has 0 amide bonds. The van der Waals surface area contributed by atoms with E-state index in [9.17, 15) is 26.7 Å². The van der Waals surface area contributed by atoms with Crippen LogP contribution in [0.25, 0.3) is 0 Å². The first-order chi connectivity index (χ1) is 7.22. The Balaban J connectivity index is 2.68. The lowest BCUT2D eigenvalue weighted by atomic mass is 10.3. The second-order valence-corrected chi connectivity index (χ2v) is 2.77. The molecule has 0 aliphatic carbocycles. The summed E-state index contributed by atoms with van der Waals surface area (Å²) in [7, 11) is 0. The van der Waals surface area contributed by atoms with Crippen LogP contribution in [0.4, 0.5) is 22.0 Å². The van der Waals surface area contributed by atoms with Crippen molar-refractivity contribution in [3.8, 4) is 5.75 Å². The van der Waals surface area contributed by atoms with Crippen LogP contribution in [0.2, 0.25) is 0 Å². The minimum atomic E-state index is -5.69. The van der Waals surface area contributed by atoms with Crippen molar-refractivity contribution in [1.29, 1.82) is 0 Å². The standard InChI is InChI=1S/C7H5F5N2O2/c8-6(9,7(10,11)12)3-16-4-1-5(15)14-13-2-4/h1-2H,3H2,(H,14,15). The number of H-pyrrole nitrogens is 1. The van der Waals surface area contributed by atoms with Crippen LogP contribution in [-0.4, -0.2) is 28.9 Å². The van der Waals surface area contributed by atoms with Gasteiger partial charge in [0, 0.05) is 6.07 Å². The van der Waals surface area contributed by atoms with E-state index in [1.165, 1.54) is 0 Å². The molecule has 1 N–H and O–H groups in total. The van der Waals surface area contributed by atoms with E-state index in [1.807, 2.05) is 5.10 Å². The molecule has 0 saturated carbocycles. The van der Waals surface area contributed by atoms with Crippen LogP contribution >= 0.6 is 0 Å². The first-order valence-corrected chi connectivity index (χ1v) is 3.84. The first-order valence-electron chi connectivity index (χ1n) is 3.84. The number of hydrogen-bond acceptors (Lipinski definition) is 3. The number of rotatable bonds is 3. The maximum Gasteiger partial charge on any atom is 0.456 e. The van der Waals surface area contributed by atoms with Gasteiger partial charge in [0.1, 0.15) is 5.75 Å². The topological polar surface area (TPSA) is 55.0 Å². The fourth-order valence-electron chi connectivity index (χ4n) is 0.693. The Morgan fingerprint density at radius 2 is 1.94 bits per heavy atom. The summed E-state index contributed by atoms with van der Waals surface area (Å²) in [5, 5.41) is 5.06. The summed E-state index contributed by atoms with van der Waals surface area (Å²) in [6, 6.07) is 0.708. The number of hydrogen-bond donors (Lipinski definition) is 1. The van der Waals surface area contributed by atoms with Crippen LogP contribution in [0.1, 0.15) is 0 Å². The molecule has 1 heterocycles. The molecule has 9 heteroatoms. The molecule has 0 radical (unpaired) electrons. The average molecular weight is 244 g/mol. The number of nitrogens with zero attached hydrogens (tertiary/aromatic N) is 1. The van der Waals surface area contributed by atoms with Gasteiger partial charge in [0.15, 0.2) is 6.61 Å². The summed E-state index contributed by atoms with van der Waals surface area (Å²) in [5.41, 5.74) is -0.771. The van der Waals surface area contributed by atoms with Crippen LogP contribution in [0.5, 0.6) is 5.75 Å². The summed E-state index contributed by atoms with van der Waals surface area (Å²) in [6.07, 6.45) is -4.88. The average Bonchev–Trinajstić information content (AvgIpc) is 2.13. The van der Waals surface area contributed by atoms with Crippen molar-refractivity contribution < 1.29 is 26.7 Å². The second kappa shape index (κ2) is 4.06. The summed E-state index contributed by atoms with van der Waals surface area (Å²) in [6.45, 7) is -1.90. The van der Waals surface area contributed by atoms with E-state index in [4.69, 9.17) is 0 Å². The molecular weight excluding hydrogens is 239 g/mol. The van der Waals surface area contributed by atoms with Crippen LogP contribution < -0.4 is 10.3 Å². The predicted molar refractivity (Wildman–Crippen MR) is 41.4 cm³/mol. The van der Waals surface area contributed by atoms with Crippen LogP contribution in [-0.2, 0) is 0 Å². The largest absolute Gasteiger partial charge is 0.485 e. The number of aromatic nitrogens is 2. The molecule has 0 aliphatic heterocycles. The Morgan fingerprint density at radius 3 is 2.44 bits per heavy atom. The Hall–Kier alpha value is -1.67. The molecule has 1 rings (SSSR count). The van der Waals surface area contributed by atoms with E-state index in [-0.39, 0.29) is 0 Å². The summed E-state index contributed by atoms with van der Waals surface area (Å²) in [5.74, 6) is -5.44. The fourth-order valence-corrected chi connectivity index (χ4v) is 0.693. The highest BCUT2D eigenvalue weighted by Crippen LogP contribution is 2.35. The van der Waals surface area contributed by atoms with Crippen molar-refractivity contribution in [2.75, 3.05) is 6.61 Å². The van der Waals surface area contributed by atoms with Crippen molar-refractivity contribution in [2.45, 2.75) is 12.1 Å². The van der Waals surface area contributed by atoms with Gasteiger partial charge < -0.3 is 4.74 Å². The van der Waals surface area contributed by atoms with Gasteiger partial charge in [0.25, 0.3) is 5.56 Å².